The number of carbonyl (C=O) groups excluding carboxylic acids is 2. The third-order valence-corrected chi connectivity index (χ3v) is 4.53. The lowest BCUT2D eigenvalue weighted by molar-refractivity contribution is -0.138. The second-order valence-corrected chi connectivity index (χ2v) is 6.66. The lowest BCUT2D eigenvalue weighted by Crippen LogP contribution is -2.50. The van der Waals surface area contributed by atoms with Gasteiger partial charge >= 0.3 is 0 Å². The SMILES string of the molecule is O=C(CNC(=O)C1CN(Cc2ccccc2)CCO1)c1ccc(Cl)cc1. The van der Waals surface area contributed by atoms with E-state index in [2.05, 4.69) is 22.3 Å². The van der Waals surface area contributed by atoms with Crippen LogP contribution in [0, 0.1) is 0 Å². The molecule has 1 amide bonds. The van der Waals surface area contributed by atoms with E-state index in [0.29, 0.717) is 23.7 Å². The predicted molar refractivity (Wildman–Crippen MR) is 100 cm³/mol. The normalized spacial score (nSPS) is 17.7. The van der Waals surface area contributed by atoms with Gasteiger partial charge < -0.3 is 10.1 Å². The van der Waals surface area contributed by atoms with E-state index in [1.165, 1.54) is 5.56 Å². The number of benzene rings is 2. The monoisotopic (exact) mass is 372 g/mol. The molecule has 0 aromatic heterocycles. The number of Topliss-reactive ketones (excluding diaryl/α,β-unsaturated/α-hetero) is 1. The number of carbonyl (C=O) groups is 2. The summed E-state index contributed by atoms with van der Waals surface area (Å²) in [5.41, 5.74) is 1.72. The first-order valence-corrected chi connectivity index (χ1v) is 8.94. The van der Waals surface area contributed by atoms with Crippen LogP contribution in [0.25, 0.3) is 0 Å². The van der Waals surface area contributed by atoms with Gasteiger partial charge in [0, 0.05) is 30.2 Å². The summed E-state index contributed by atoms with van der Waals surface area (Å²) in [6.07, 6.45) is -0.564. The number of nitrogens with zero attached hydrogens (tertiary/aromatic N) is 1. The summed E-state index contributed by atoms with van der Waals surface area (Å²) in [6, 6.07) is 16.7. The molecule has 3 rings (SSSR count). The highest BCUT2D eigenvalue weighted by molar-refractivity contribution is 6.30. The Hall–Kier alpha value is -2.21. The van der Waals surface area contributed by atoms with Gasteiger partial charge in [0.25, 0.3) is 5.91 Å². The molecule has 1 aliphatic heterocycles. The van der Waals surface area contributed by atoms with Crippen LogP contribution in [0.1, 0.15) is 15.9 Å². The van der Waals surface area contributed by atoms with Crippen LogP contribution in [-0.4, -0.2) is 48.9 Å². The largest absolute Gasteiger partial charge is 0.366 e. The zero-order chi connectivity index (χ0) is 18.4. The molecule has 2 aromatic rings. The van der Waals surface area contributed by atoms with E-state index in [1.807, 2.05) is 18.2 Å². The van der Waals surface area contributed by atoms with Crippen molar-refractivity contribution in [2.75, 3.05) is 26.2 Å². The van der Waals surface area contributed by atoms with Gasteiger partial charge in [0.15, 0.2) is 5.78 Å². The molecule has 0 bridgehead atoms. The number of morpholine rings is 1. The van der Waals surface area contributed by atoms with Gasteiger partial charge in [0.2, 0.25) is 0 Å². The van der Waals surface area contributed by atoms with Gasteiger partial charge in [-0.05, 0) is 29.8 Å². The molecule has 0 radical (unpaired) electrons. The van der Waals surface area contributed by atoms with Crippen molar-refractivity contribution in [1.82, 2.24) is 10.2 Å². The highest BCUT2D eigenvalue weighted by Gasteiger charge is 2.26. The van der Waals surface area contributed by atoms with Crippen molar-refractivity contribution >= 4 is 23.3 Å². The number of ether oxygens (including phenoxy) is 1. The fraction of sp³-hybridized carbons (Fsp3) is 0.300. The quantitative estimate of drug-likeness (QED) is 0.792. The molecule has 1 saturated heterocycles. The summed E-state index contributed by atoms with van der Waals surface area (Å²) in [4.78, 5) is 26.7. The molecule has 2 aromatic carbocycles. The molecule has 0 saturated carbocycles. The summed E-state index contributed by atoms with van der Waals surface area (Å²) in [6.45, 7) is 2.50. The molecular formula is C20H21ClN2O3. The fourth-order valence-electron chi connectivity index (χ4n) is 2.87. The van der Waals surface area contributed by atoms with Crippen LogP contribution in [0.2, 0.25) is 5.02 Å². The lowest BCUT2D eigenvalue weighted by Gasteiger charge is -2.32. The Bertz CT molecular complexity index is 749. The molecule has 1 heterocycles. The summed E-state index contributed by atoms with van der Waals surface area (Å²) in [7, 11) is 0. The lowest BCUT2D eigenvalue weighted by atomic mass is 10.1. The minimum absolute atomic E-state index is 0.0565. The third kappa shape index (κ3) is 5.14. The van der Waals surface area contributed by atoms with Crippen molar-refractivity contribution in [2.24, 2.45) is 0 Å². The van der Waals surface area contributed by atoms with Gasteiger partial charge in [0.1, 0.15) is 6.10 Å². The summed E-state index contributed by atoms with van der Waals surface area (Å²) < 4.78 is 5.58. The minimum atomic E-state index is -0.564. The zero-order valence-corrected chi connectivity index (χ0v) is 15.1. The van der Waals surface area contributed by atoms with Crippen LogP contribution in [-0.2, 0) is 16.1 Å². The molecule has 6 heteroatoms. The van der Waals surface area contributed by atoms with E-state index in [9.17, 15) is 9.59 Å². The summed E-state index contributed by atoms with van der Waals surface area (Å²) >= 11 is 5.81. The zero-order valence-electron chi connectivity index (χ0n) is 14.4. The number of amides is 1. The van der Waals surface area contributed by atoms with Crippen LogP contribution in [0.5, 0.6) is 0 Å². The summed E-state index contributed by atoms with van der Waals surface area (Å²) in [5, 5.41) is 3.25. The van der Waals surface area contributed by atoms with E-state index in [1.54, 1.807) is 24.3 Å². The maximum atomic E-state index is 12.3. The maximum Gasteiger partial charge on any atom is 0.250 e. The van der Waals surface area contributed by atoms with Crippen LogP contribution in [0.4, 0.5) is 0 Å². The number of rotatable bonds is 6. The second-order valence-electron chi connectivity index (χ2n) is 6.23. The molecule has 1 atom stereocenters. The Morgan fingerprint density at radius 3 is 2.58 bits per heavy atom. The van der Waals surface area contributed by atoms with Crippen molar-refractivity contribution in [3.8, 4) is 0 Å². The van der Waals surface area contributed by atoms with Crippen LogP contribution in [0.15, 0.2) is 54.6 Å². The van der Waals surface area contributed by atoms with E-state index >= 15 is 0 Å². The van der Waals surface area contributed by atoms with Crippen LogP contribution < -0.4 is 5.32 Å². The number of halogens is 1. The molecule has 136 valence electrons. The number of nitrogens with one attached hydrogen (secondary N) is 1. The summed E-state index contributed by atoms with van der Waals surface area (Å²) in [5.74, 6) is -0.419. The fourth-order valence-corrected chi connectivity index (χ4v) is 2.99. The van der Waals surface area contributed by atoms with E-state index < -0.39 is 6.10 Å². The van der Waals surface area contributed by atoms with Gasteiger partial charge in [-0.15, -0.1) is 0 Å². The molecule has 1 N–H and O–H groups in total. The van der Waals surface area contributed by atoms with E-state index in [4.69, 9.17) is 16.3 Å². The predicted octanol–water partition coefficient (Wildman–Crippen LogP) is 2.54. The van der Waals surface area contributed by atoms with Gasteiger partial charge in [-0.25, -0.2) is 0 Å². The van der Waals surface area contributed by atoms with Gasteiger partial charge in [-0.3, -0.25) is 14.5 Å². The van der Waals surface area contributed by atoms with Crippen molar-refractivity contribution < 1.29 is 14.3 Å². The molecular weight excluding hydrogens is 352 g/mol. The third-order valence-electron chi connectivity index (χ3n) is 4.28. The Morgan fingerprint density at radius 1 is 1.12 bits per heavy atom. The second kappa shape index (κ2) is 8.94. The number of hydrogen-bond donors (Lipinski definition) is 1. The van der Waals surface area contributed by atoms with Gasteiger partial charge in [-0.2, -0.15) is 0 Å². The molecule has 5 nitrogen and oxygen atoms in total. The van der Waals surface area contributed by atoms with Crippen molar-refractivity contribution in [1.29, 1.82) is 0 Å². The van der Waals surface area contributed by atoms with Crippen molar-refractivity contribution in [2.45, 2.75) is 12.6 Å². The van der Waals surface area contributed by atoms with Gasteiger partial charge in [-0.1, -0.05) is 41.9 Å². The van der Waals surface area contributed by atoms with Crippen LogP contribution >= 0.6 is 11.6 Å². The Kier molecular flexibility index (Phi) is 6.39. The topological polar surface area (TPSA) is 58.6 Å². The molecule has 0 aliphatic carbocycles. The molecule has 1 unspecified atom stereocenters. The number of hydrogen-bond acceptors (Lipinski definition) is 4. The smallest absolute Gasteiger partial charge is 0.250 e. The average Bonchev–Trinajstić information content (AvgIpc) is 2.67. The maximum absolute atomic E-state index is 12.3. The minimum Gasteiger partial charge on any atom is -0.366 e. The first kappa shape index (κ1) is 18.6. The number of ketones is 1. The van der Waals surface area contributed by atoms with E-state index in [0.717, 1.165) is 13.1 Å². The van der Waals surface area contributed by atoms with E-state index in [-0.39, 0.29) is 18.2 Å². The molecule has 0 spiro atoms. The average molecular weight is 373 g/mol. The molecule has 26 heavy (non-hydrogen) atoms. The van der Waals surface area contributed by atoms with Gasteiger partial charge in [0.05, 0.1) is 13.2 Å². The standard InChI is InChI=1S/C20H21ClN2O3/c21-17-8-6-16(7-9-17)18(24)12-22-20(25)19-14-23(10-11-26-19)13-15-4-2-1-3-5-15/h1-9,19H,10-14H2,(H,22,25). The van der Waals surface area contributed by atoms with Crippen molar-refractivity contribution in [3.63, 3.8) is 0 Å². The van der Waals surface area contributed by atoms with Crippen LogP contribution in [0.3, 0.4) is 0 Å². The molecule has 1 fully saturated rings. The Balaban J connectivity index is 1.49. The first-order chi connectivity index (χ1) is 12.6. The highest BCUT2D eigenvalue weighted by Crippen LogP contribution is 2.12. The first-order valence-electron chi connectivity index (χ1n) is 8.56. The van der Waals surface area contributed by atoms with Crippen molar-refractivity contribution in [3.05, 3.63) is 70.7 Å². The highest BCUT2D eigenvalue weighted by atomic mass is 35.5. The Labute approximate surface area is 157 Å². The molecule has 1 aliphatic rings. The Morgan fingerprint density at radius 2 is 1.85 bits per heavy atom.